The van der Waals surface area contributed by atoms with E-state index in [9.17, 15) is 4.79 Å². The summed E-state index contributed by atoms with van der Waals surface area (Å²) in [5, 5.41) is 4.83. The van der Waals surface area contributed by atoms with Crippen LogP contribution in [0.3, 0.4) is 0 Å². The van der Waals surface area contributed by atoms with Crippen molar-refractivity contribution in [3.8, 4) is 0 Å². The van der Waals surface area contributed by atoms with E-state index in [4.69, 9.17) is 32.5 Å². The summed E-state index contributed by atoms with van der Waals surface area (Å²) < 4.78 is 10.9. The minimum Gasteiger partial charge on any atom is -0.370 e. The third kappa shape index (κ3) is 3.52. The van der Waals surface area contributed by atoms with Gasteiger partial charge < -0.3 is 14.2 Å². The molecule has 1 aromatic heterocycles. The molecule has 0 radical (unpaired) electrons. The highest BCUT2D eigenvalue weighted by atomic mass is 35.5. The standard InChI is InChI=1S/C16H16Cl2N2O3/c1-2-11-8-14(23-19-11)16(21)20-5-6-22-15(9-20)10-3-4-12(17)13(18)7-10/h3-4,7-8,15H,2,5-6,9H2,1H3. The Balaban J connectivity index is 1.74. The molecule has 5 nitrogen and oxygen atoms in total. The van der Waals surface area contributed by atoms with Crippen LogP contribution in [0, 0.1) is 0 Å². The number of aromatic nitrogens is 1. The second-order valence-corrected chi connectivity index (χ2v) is 6.13. The lowest BCUT2D eigenvalue weighted by molar-refractivity contribution is -0.0240. The van der Waals surface area contributed by atoms with E-state index in [1.54, 1.807) is 23.1 Å². The molecule has 2 heterocycles. The number of morpholine rings is 1. The number of amides is 1. The average molecular weight is 355 g/mol. The van der Waals surface area contributed by atoms with Gasteiger partial charge in [0, 0.05) is 12.6 Å². The molecule has 1 aromatic carbocycles. The summed E-state index contributed by atoms with van der Waals surface area (Å²) in [7, 11) is 0. The Hall–Kier alpha value is -1.56. The van der Waals surface area contributed by atoms with E-state index in [1.165, 1.54) is 0 Å². The molecular formula is C16H16Cl2N2O3. The molecule has 1 unspecified atom stereocenters. The molecule has 0 spiro atoms. The van der Waals surface area contributed by atoms with Crippen molar-refractivity contribution in [2.45, 2.75) is 19.4 Å². The third-order valence-electron chi connectivity index (χ3n) is 3.80. The molecule has 1 aliphatic rings. The zero-order chi connectivity index (χ0) is 16.4. The molecule has 122 valence electrons. The number of nitrogens with zero attached hydrogens (tertiary/aromatic N) is 2. The van der Waals surface area contributed by atoms with E-state index < -0.39 is 0 Å². The van der Waals surface area contributed by atoms with Gasteiger partial charge in [-0.3, -0.25) is 4.79 Å². The molecular weight excluding hydrogens is 339 g/mol. The Kier molecular flexibility index (Phi) is 4.90. The first-order chi connectivity index (χ1) is 11.1. The summed E-state index contributed by atoms with van der Waals surface area (Å²) in [5.74, 6) is 0.0854. The molecule has 1 fully saturated rings. The van der Waals surface area contributed by atoms with E-state index in [2.05, 4.69) is 5.16 Å². The Labute approximate surface area is 144 Å². The number of hydrogen-bond acceptors (Lipinski definition) is 4. The quantitative estimate of drug-likeness (QED) is 0.841. The number of ether oxygens (including phenoxy) is 1. The summed E-state index contributed by atoms with van der Waals surface area (Å²) in [6.07, 6.45) is 0.488. The van der Waals surface area contributed by atoms with Gasteiger partial charge in [-0.15, -0.1) is 0 Å². The number of benzene rings is 1. The van der Waals surface area contributed by atoms with E-state index in [-0.39, 0.29) is 17.8 Å². The van der Waals surface area contributed by atoms with Gasteiger partial charge in [-0.25, -0.2) is 0 Å². The highest BCUT2D eigenvalue weighted by Crippen LogP contribution is 2.29. The van der Waals surface area contributed by atoms with Crippen LogP contribution in [-0.2, 0) is 11.2 Å². The highest BCUT2D eigenvalue weighted by molar-refractivity contribution is 6.42. The SMILES string of the molecule is CCc1cc(C(=O)N2CCOC(c3ccc(Cl)c(Cl)c3)C2)on1. The van der Waals surface area contributed by atoms with Crippen molar-refractivity contribution in [3.05, 3.63) is 51.3 Å². The topological polar surface area (TPSA) is 55.6 Å². The van der Waals surface area contributed by atoms with E-state index in [0.29, 0.717) is 29.7 Å². The van der Waals surface area contributed by atoms with Gasteiger partial charge in [0.25, 0.3) is 5.91 Å². The summed E-state index contributed by atoms with van der Waals surface area (Å²) in [6.45, 7) is 3.35. The van der Waals surface area contributed by atoms with Crippen LogP contribution in [0.4, 0.5) is 0 Å². The molecule has 0 bridgehead atoms. The lowest BCUT2D eigenvalue weighted by Crippen LogP contribution is -2.42. The lowest BCUT2D eigenvalue weighted by atomic mass is 10.1. The average Bonchev–Trinajstić information content (AvgIpc) is 3.06. The maximum Gasteiger partial charge on any atom is 0.292 e. The van der Waals surface area contributed by atoms with Crippen LogP contribution in [0.5, 0.6) is 0 Å². The molecule has 23 heavy (non-hydrogen) atoms. The van der Waals surface area contributed by atoms with Gasteiger partial charge in [0.05, 0.1) is 28.9 Å². The summed E-state index contributed by atoms with van der Waals surface area (Å²) >= 11 is 12.0. The summed E-state index contributed by atoms with van der Waals surface area (Å²) in [6, 6.07) is 7.04. The molecule has 0 N–H and O–H groups in total. The Morgan fingerprint density at radius 3 is 2.87 bits per heavy atom. The molecule has 0 saturated carbocycles. The molecule has 1 amide bonds. The van der Waals surface area contributed by atoms with Crippen LogP contribution >= 0.6 is 23.2 Å². The van der Waals surface area contributed by atoms with Crippen molar-refractivity contribution in [2.24, 2.45) is 0 Å². The maximum absolute atomic E-state index is 12.5. The number of carbonyl (C=O) groups is 1. The van der Waals surface area contributed by atoms with E-state index in [0.717, 1.165) is 17.7 Å². The van der Waals surface area contributed by atoms with Crippen LogP contribution in [0.1, 0.15) is 34.8 Å². The molecule has 1 aliphatic heterocycles. The molecule has 0 aliphatic carbocycles. The fourth-order valence-electron chi connectivity index (χ4n) is 2.48. The van der Waals surface area contributed by atoms with Crippen molar-refractivity contribution >= 4 is 29.1 Å². The van der Waals surface area contributed by atoms with Crippen molar-refractivity contribution in [1.82, 2.24) is 10.1 Å². The summed E-state index contributed by atoms with van der Waals surface area (Å²) in [4.78, 5) is 14.2. The van der Waals surface area contributed by atoms with Crippen LogP contribution in [0.2, 0.25) is 10.0 Å². The smallest absolute Gasteiger partial charge is 0.292 e. The second-order valence-electron chi connectivity index (χ2n) is 5.32. The first kappa shape index (κ1) is 16.3. The van der Waals surface area contributed by atoms with Gasteiger partial charge in [-0.1, -0.05) is 41.3 Å². The predicted molar refractivity (Wildman–Crippen MR) is 86.9 cm³/mol. The van der Waals surface area contributed by atoms with Gasteiger partial charge in [0.15, 0.2) is 0 Å². The van der Waals surface area contributed by atoms with Crippen LogP contribution < -0.4 is 0 Å². The zero-order valence-electron chi connectivity index (χ0n) is 12.6. The minimum atomic E-state index is -0.240. The molecule has 1 saturated heterocycles. The third-order valence-corrected chi connectivity index (χ3v) is 4.54. The van der Waals surface area contributed by atoms with Gasteiger partial charge in [-0.2, -0.15) is 0 Å². The first-order valence-electron chi connectivity index (χ1n) is 7.40. The van der Waals surface area contributed by atoms with Crippen LogP contribution in [-0.4, -0.2) is 35.7 Å². The van der Waals surface area contributed by atoms with Gasteiger partial charge in [0.1, 0.15) is 6.10 Å². The van der Waals surface area contributed by atoms with Gasteiger partial charge in [-0.05, 0) is 24.1 Å². The minimum absolute atomic E-state index is 0.175. The number of hydrogen-bond donors (Lipinski definition) is 0. The normalized spacial score (nSPS) is 18.2. The summed E-state index contributed by atoms with van der Waals surface area (Å²) in [5.41, 5.74) is 1.66. The monoisotopic (exact) mass is 354 g/mol. The molecule has 3 rings (SSSR count). The zero-order valence-corrected chi connectivity index (χ0v) is 14.1. The molecule has 2 aromatic rings. The lowest BCUT2D eigenvalue weighted by Gasteiger charge is -2.32. The van der Waals surface area contributed by atoms with Crippen LogP contribution in [0.25, 0.3) is 0 Å². The van der Waals surface area contributed by atoms with Crippen LogP contribution in [0.15, 0.2) is 28.8 Å². The first-order valence-corrected chi connectivity index (χ1v) is 8.15. The Morgan fingerprint density at radius 1 is 1.35 bits per heavy atom. The van der Waals surface area contributed by atoms with Gasteiger partial charge >= 0.3 is 0 Å². The Morgan fingerprint density at radius 2 is 2.17 bits per heavy atom. The number of halogens is 2. The maximum atomic E-state index is 12.5. The van der Waals surface area contributed by atoms with E-state index in [1.807, 2.05) is 13.0 Å². The molecule has 7 heteroatoms. The predicted octanol–water partition coefficient (Wildman–Crippen LogP) is 3.76. The molecule has 1 atom stereocenters. The number of aryl methyl sites for hydroxylation is 1. The van der Waals surface area contributed by atoms with Crippen molar-refractivity contribution in [2.75, 3.05) is 19.7 Å². The second kappa shape index (κ2) is 6.91. The van der Waals surface area contributed by atoms with Crippen molar-refractivity contribution < 1.29 is 14.1 Å². The fourth-order valence-corrected chi connectivity index (χ4v) is 2.79. The fraction of sp³-hybridized carbons (Fsp3) is 0.375. The van der Waals surface area contributed by atoms with Crippen molar-refractivity contribution in [1.29, 1.82) is 0 Å². The number of carbonyl (C=O) groups excluding carboxylic acids is 1. The van der Waals surface area contributed by atoms with Gasteiger partial charge in [0.2, 0.25) is 5.76 Å². The Bertz CT molecular complexity index is 717. The highest BCUT2D eigenvalue weighted by Gasteiger charge is 2.28. The largest absolute Gasteiger partial charge is 0.370 e. The van der Waals surface area contributed by atoms with Crippen molar-refractivity contribution in [3.63, 3.8) is 0 Å². The van der Waals surface area contributed by atoms with E-state index >= 15 is 0 Å². The number of rotatable bonds is 3.